The molecule has 0 amide bonds. The van der Waals surface area contributed by atoms with E-state index in [4.69, 9.17) is 5.73 Å². The lowest BCUT2D eigenvalue weighted by atomic mass is 10.2. The monoisotopic (exact) mass is 339 g/mol. The molecule has 118 valence electrons. The Balaban J connectivity index is 2.30. The number of benzene rings is 2. The maximum absolute atomic E-state index is 14.5. The zero-order valence-electron chi connectivity index (χ0n) is 11.3. The zero-order valence-corrected chi connectivity index (χ0v) is 12.1. The standard InChI is InChI=1S/C15H8F3NO3S/c16-11-10-7(20)5-9(21)22-14(10)13(18)15(12(11)17)23-8-4-2-1-3-6(8)19/h1-5,20H,19H2. The molecule has 0 bridgehead atoms. The first-order valence-electron chi connectivity index (χ1n) is 6.25. The van der Waals surface area contributed by atoms with E-state index in [1.165, 1.54) is 12.1 Å². The van der Waals surface area contributed by atoms with Gasteiger partial charge in [0.25, 0.3) is 0 Å². The van der Waals surface area contributed by atoms with Crippen molar-refractivity contribution < 1.29 is 22.7 Å². The third kappa shape index (κ3) is 2.50. The van der Waals surface area contributed by atoms with Crippen molar-refractivity contribution in [1.29, 1.82) is 0 Å². The zero-order chi connectivity index (χ0) is 16.7. The normalized spacial score (nSPS) is 11.1. The summed E-state index contributed by atoms with van der Waals surface area (Å²) in [4.78, 5) is 10.8. The molecule has 0 radical (unpaired) electrons. The van der Waals surface area contributed by atoms with Gasteiger partial charge in [-0.3, -0.25) is 0 Å². The van der Waals surface area contributed by atoms with Crippen LogP contribution in [0.3, 0.4) is 0 Å². The molecule has 23 heavy (non-hydrogen) atoms. The van der Waals surface area contributed by atoms with Gasteiger partial charge in [0.1, 0.15) is 11.1 Å². The fraction of sp³-hybridized carbons (Fsp3) is 0. The number of nitrogens with two attached hydrogens (primary N) is 1. The number of halogens is 3. The van der Waals surface area contributed by atoms with Crippen molar-refractivity contribution >= 4 is 28.4 Å². The Labute approximate surface area is 131 Å². The summed E-state index contributed by atoms with van der Waals surface area (Å²) in [5.74, 6) is -5.21. The quantitative estimate of drug-likeness (QED) is 0.423. The molecule has 0 unspecified atom stereocenters. The highest BCUT2D eigenvalue weighted by Gasteiger charge is 2.25. The van der Waals surface area contributed by atoms with Crippen LogP contribution in [-0.4, -0.2) is 5.11 Å². The summed E-state index contributed by atoms with van der Waals surface area (Å²) < 4.78 is 47.4. The van der Waals surface area contributed by atoms with Gasteiger partial charge >= 0.3 is 5.63 Å². The van der Waals surface area contributed by atoms with Gasteiger partial charge < -0.3 is 15.3 Å². The predicted molar refractivity (Wildman–Crippen MR) is 79.0 cm³/mol. The van der Waals surface area contributed by atoms with Crippen molar-refractivity contribution in [2.24, 2.45) is 0 Å². The van der Waals surface area contributed by atoms with Crippen LogP contribution in [0, 0.1) is 17.5 Å². The first kappa shape index (κ1) is 15.3. The van der Waals surface area contributed by atoms with Gasteiger partial charge in [-0.15, -0.1) is 0 Å². The van der Waals surface area contributed by atoms with E-state index in [1.807, 2.05) is 0 Å². The van der Waals surface area contributed by atoms with Crippen LogP contribution in [0.5, 0.6) is 5.75 Å². The van der Waals surface area contributed by atoms with Gasteiger partial charge in [-0.05, 0) is 12.1 Å². The molecule has 0 aliphatic heterocycles. The Kier molecular flexibility index (Phi) is 3.69. The average molecular weight is 339 g/mol. The Morgan fingerprint density at radius 1 is 1.09 bits per heavy atom. The van der Waals surface area contributed by atoms with Crippen LogP contribution < -0.4 is 11.4 Å². The van der Waals surface area contributed by atoms with Crippen molar-refractivity contribution in [3.05, 3.63) is 58.2 Å². The molecule has 0 aliphatic carbocycles. The molecule has 0 atom stereocenters. The van der Waals surface area contributed by atoms with Crippen LogP contribution in [0.4, 0.5) is 18.9 Å². The van der Waals surface area contributed by atoms with E-state index < -0.39 is 44.7 Å². The molecule has 3 rings (SSSR count). The van der Waals surface area contributed by atoms with Crippen molar-refractivity contribution in [3.63, 3.8) is 0 Å². The lowest BCUT2D eigenvalue weighted by Gasteiger charge is -2.10. The minimum atomic E-state index is -1.51. The van der Waals surface area contributed by atoms with Crippen LogP contribution in [0.25, 0.3) is 11.0 Å². The Hall–Kier alpha value is -2.61. The van der Waals surface area contributed by atoms with Crippen molar-refractivity contribution in [3.8, 4) is 5.75 Å². The topological polar surface area (TPSA) is 76.5 Å². The van der Waals surface area contributed by atoms with Crippen molar-refractivity contribution in [2.75, 3.05) is 5.73 Å². The number of aromatic hydroxyl groups is 1. The summed E-state index contributed by atoms with van der Waals surface area (Å²) in [5, 5.41) is 8.72. The van der Waals surface area contributed by atoms with Crippen molar-refractivity contribution in [2.45, 2.75) is 9.79 Å². The molecule has 0 saturated heterocycles. The summed E-state index contributed by atoms with van der Waals surface area (Å²) in [6.45, 7) is 0. The van der Waals surface area contributed by atoms with Gasteiger partial charge in [-0.2, -0.15) is 0 Å². The number of rotatable bonds is 2. The fourth-order valence-electron chi connectivity index (χ4n) is 2.03. The molecule has 3 N–H and O–H groups in total. The largest absolute Gasteiger partial charge is 0.507 e. The van der Waals surface area contributed by atoms with Gasteiger partial charge in [0.05, 0.1) is 11.0 Å². The SMILES string of the molecule is Nc1ccccc1Sc1c(F)c(F)c2c(O)cc(=O)oc2c1F. The third-order valence-corrected chi connectivity index (χ3v) is 4.24. The van der Waals surface area contributed by atoms with E-state index in [2.05, 4.69) is 4.42 Å². The van der Waals surface area contributed by atoms with Crippen LogP contribution in [-0.2, 0) is 0 Å². The van der Waals surface area contributed by atoms with Gasteiger partial charge in [-0.25, -0.2) is 18.0 Å². The van der Waals surface area contributed by atoms with Crippen LogP contribution in [0.15, 0.2) is 49.3 Å². The maximum atomic E-state index is 14.5. The number of fused-ring (bicyclic) bond motifs is 1. The van der Waals surface area contributed by atoms with Gasteiger partial charge in [0.15, 0.2) is 23.0 Å². The minimum Gasteiger partial charge on any atom is -0.507 e. The second-order valence-corrected chi connectivity index (χ2v) is 5.62. The average Bonchev–Trinajstić information content (AvgIpc) is 2.50. The Morgan fingerprint density at radius 2 is 1.78 bits per heavy atom. The predicted octanol–water partition coefficient (Wildman–Crippen LogP) is 3.65. The number of para-hydroxylation sites is 1. The number of anilines is 1. The number of hydrogen-bond acceptors (Lipinski definition) is 5. The van der Waals surface area contributed by atoms with E-state index >= 15 is 0 Å². The van der Waals surface area contributed by atoms with Crippen LogP contribution in [0.1, 0.15) is 0 Å². The summed E-state index contributed by atoms with van der Waals surface area (Å²) in [7, 11) is 0. The molecule has 3 aromatic rings. The van der Waals surface area contributed by atoms with E-state index in [9.17, 15) is 23.1 Å². The summed E-state index contributed by atoms with van der Waals surface area (Å²) in [5.41, 5.74) is 4.00. The molecule has 0 spiro atoms. The van der Waals surface area contributed by atoms with Gasteiger partial charge in [0, 0.05) is 10.6 Å². The fourth-order valence-corrected chi connectivity index (χ4v) is 2.94. The van der Waals surface area contributed by atoms with E-state index in [1.54, 1.807) is 12.1 Å². The molecule has 8 heteroatoms. The van der Waals surface area contributed by atoms with Crippen LogP contribution >= 0.6 is 11.8 Å². The highest BCUT2D eigenvalue weighted by molar-refractivity contribution is 7.99. The van der Waals surface area contributed by atoms with Gasteiger partial charge in [0.2, 0.25) is 0 Å². The van der Waals surface area contributed by atoms with Gasteiger partial charge in [-0.1, -0.05) is 23.9 Å². The second kappa shape index (κ2) is 5.54. The molecule has 4 nitrogen and oxygen atoms in total. The highest BCUT2D eigenvalue weighted by Crippen LogP contribution is 2.40. The lowest BCUT2D eigenvalue weighted by molar-refractivity contribution is 0.435. The lowest BCUT2D eigenvalue weighted by Crippen LogP contribution is -2.02. The van der Waals surface area contributed by atoms with Crippen LogP contribution in [0.2, 0.25) is 0 Å². The molecular formula is C15H8F3NO3S. The molecule has 0 saturated carbocycles. The molecule has 0 fully saturated rings. The molecule has 0 aliphatic rings. The first-order valence-corrected chi connectivity index (χ1v) is 7.07. The maximum Gasteiger partial charge on any atom is 0.340 e. The smallest absolute Gasteiger partial charge is 0.340 e. The number of hydrogen-bond donors (Lipinski definition) is 2. The molecule has 2 aromatic carbocycles. The minimum absolute atomic E-state index is 0.245. The van der Waals surface area contributed by atoms with E-state index in [0.29, 0.717) is 22.7 Å². The first-order chi connectivity index (χ1) is 10.9. The summed E-state index contributed by atoms with van der Waals surface area (Å²) in [6, 6.07) is 6.77. The highest BCUT2D eigenvalue weighted by atomic mass is 32.2. The van der Waals surface area contributed by atoms with Crippen molar-refractivity contribution in [1.82, 2.24) is 0 Å². The summed E-state index contributed by atoms with van der Waals surface area (Å²) in [6.07, 6.45) is 0. The number of nitrogen functional groups attached to an aromatic ring is 1. The van der Waals surface area contributed by atoms with E-state index in [0.717, 1.165) is 0 Å². The molecular weight excluding hydrogens is 331 g/mol. The molecule has 1 aromatic heterocycles. The third-order valence-electron chi connectivity index (χ3n) is 3.08. The van der Waals surface area contributed by atoms with E-state index in [-0.39, 0.29) is 5.69 Å². The summed E-state index contributed by atoms with van der Waals surface area (Å²) >= 11 is 0.550. The Bertz CT molecular complexity index is 988. The Morgan fingerprint density at radius 3 is 2.48 bits per heavy atom. The molecule has 1 heterocycles. The second-order valence-electron chi connectivity index (χ2n) is 4.57.